The third kappa shape index (κ3) is 7.62. The molecule has 0 bridgehead atoms. The number of pyridine rings is 1. The summed E-state index contributed by atoms with van der Waals surface area (Å²) >= 11 is 0. The molecule has 2 N–H and O–H groups in total. The van der Waals surface area contributed by atoms with Gasteiger partial charge in [0.15, 0.2) is 5.96 Å². The molecule has 7 heteroatoms. The van der Waals surface area contributed by atoms with Gasteiger partial charge in [-0.25, -0.2) is 9.98 Å². The maximum atomic E-state index is 5.38. The van der Waals surface area contributed by atoms with Crippen molar-refractivity contribution in [2.24, 2.45) is 4.99 Å². The number of guanidine groups is 1. The molecule has 0 aliphatic heterocycles. The van der Waals surface area contributed by atoms with Gasteiger partial charge in [-0.1, -0.05) is 18.2 Å². The number of nitrogens with one attached hydrogen (secondary N) is 2. The average molecular weight is 484 g/mol. The monoisotopic (exact) mass is 484 g/mol. The number of aliphatic imine (C=N–C) groups is 1. The Bertz CT molecular complexity index is 720. The van der Waals surface area contributed by atoms with Crippen molar-refractivity contribution in [1.29, 1.82) is 0 Å². The van der Waals surface area contributed by atoms with Crippen molar-refractivity contribution in [1.82, 2.24) is 15.6 Å². The minimum absolute atomic E-state index is 0. The van der Waals surface area contributed by atoms with Crippen molar-refractivity contribution in [2.75, 3.05) is 27.3 Å². The number of halogens is 1. The maximum Gasteiger partial charge on any atom is 0.212 e. The van der Waals surface area contributed by atoms with Crippen molar-refractivity contribution < 1.29 is 9.47 Å². The molecule has 1 heterocycles. The number of benzene rings is 1. The lowest BCUT2D eigenvalue weighted by Crippen LogP contribution is -2.38. The highest BCUT2D eigenvalue weighted by molar-refractivity contribution is 14.0. The predicted molar refractivity (Wildman–Crippen MR) is 120 cm³/mol. The highest BCUT2D eigenvalue weighted by Crippen LogP contribution is 2.19. The molecule has 0 radical (unpaired) electrons. The Kier molecular flexibility index (Phi) is 10.5. The Hall–Kier alpha value is -2.03. The summed E-state index contributed by atoms with van der Waals surface area (Å²) in [7, 11) is 3.31. The molecule has 0 saturated heterocycles. The van der Waals surface area contributed by atoms with Gasteiger partial charge in [0.1, 0.15) is 5.75 Å². The number of hydrogen-bond acceptors (Lipinski definition) is 4. The van der Waals surface area contributed by atoms with E-state index in [2.05, 4.69) is 45.7 Å². The zero-order chi connectivity index (χ0) is 18.8. The van der Waals surface area contributed by atoms with E-state index in [-0.39, 0.29) is 24.0 Å². The topological polar surface area (TPSA) is 67.8 Å². The predicted octanol–water partition coefficient (Wildman–Crippen LogP) is 3.32. The van der Waals surface area contributed by atoms with Gasteiger partial charge in [0.2, 0.25) is 5.88 Å². The van der Waals surface area contributed by atoms with E-state index >= 15 is 0 Å². The van der Waals surface area contributed by atoms with E-state index in [0.29, 0.717) is 12.4 Å². The van der Waals surface area contributed by atoms with Gasteiger partial charge in [0.05, 0.1) is 20.8 Å². The summed E-state index contributed by atoms with van der Waals surface area (Å²) in [6.45, 7) is 6.26. The third-order valence-electron chi connectivity index (χ3n) is 3.95. The summed E-state index contributed by atoms with van der Waals surface area (Å²) in [5.41, 5.74) is 3.41. The van der Waals surface area contributed by atoms with Crippen molar-refractivity contribution in [3.63, 3.8) is 0 Å². The molecule has 2 rings (SSSR count). The second-order valence-electron chi connectivity index (χ2n) is 5.88. The number of aromatic nitrogens is 1. The molecule has 0 amide bonds. The molecule has 27 heavy (non-hydrogen) atoms. The zero-order valence-corrected chi connectivity index (χ0v) is 18.7. The Morgan fingerprint density at radius 3 is 2.48 bits per heavy atom. The second kappa shape index (κ2) is 12.4. The summed E-state index contributed by atoms with van der Waals surface area (Å²) in [4.78, 5) is 8.81. The first-order chi connectivity index (χ1) is 12.7. The van der Waals surface area contributed by atoms with Crippen molar-refractivity contribution in [2.45, 2.75) is 26.8 Å². The zero-order valence-electron chi connectivity index (χ0n) is 16.4. The largest absolute Gasteiger partial charge is 0.496 e. The highest BCUT2D eigenvalue weighted by atomic mass is 127. The van der Waals surface area contributed by atoms with Gasteiger partial charge < -0.3 is 20.1 Å². The van der Waals surface area contributed by atoms with Crippen molar-refractivity contribution in [3.05, 3.63) is 53.2 Å². The van der Waals surface area contributed by atoms with Gasteiger partial charge in [-0.3, -0.25) is 0 Å². The van der Waals surface area contributed by atoms with Crippen molar-refractivity contribution >= 4 is 29.9 Å². The van der Waals surface area contributed by atoms with Crippen molar-refractivity contribution in [3.8, 4) is 11.6 Å². The molecule has 6 nitrogen and oxygen atoms in total. The van der Waals surface area contributed by atoms with Crippen LogP contribution in [0.15, 0.2) is 41.5 Å². The Labute approximate surface area is 178 Å². The fourth-order valence-electron chi connectivity index (χ4n) is 2.48. The smallest absolute Gasteiger partial charge is 0.212 e. The van der Waals surface area contributed by atoms with E-state index in [1.165, 1.54) is 5.56 Å². The molecule has 0 spiro atoms. The van der Waals surface area contributed by atoms with Crippen LogP contribution in [-0.2, 0) is 13.0 Å². The van der Waals surface area contributed by atoms with Gasteiger partial charge in [-0.15, -0.1) is 24.0 Å². The van der Waals surface area contributed by atoms with Crippen LogP contribution < -0.4 is 20.1 Å². The summed E-state index contributed by atoms with van der Waals surface area (Å²) < 4.78 is 10.5. The minimum atomic E-state index is 0. The number of hydrogen-bond donors (Lipinski definition) is 2. The highest BCUT2D eigenvalue weighted by Gasteiger charge is 2.02. The Morgan fingerprint density at radius 1 is 1.07 bits per heavy atom. The van der Waals surface area contributed by atoms with Crippen LogP contribution in [-0.4, -0.2) is 38.3 Å². The van der Waals surface area contributed by atoms with Crippen LogP contribution in [0.1, 0.15) is 23.6 Å². The number of rotatable bonds is 8. The molecule has 0 unspecified atom stereocenters. The van der Waals surface area contributed by atoms with Crippen LogP contribution >= 0.6 is 24.0 Å². The molecule has 0 aliphatic rings. The average Bonchev–Trinajstić information content (AvgIpc) is 2.67. The van der Waals surface area contributed by atoms with E-state index in [1.807, 2.05) is 19.1 Å². The lowest BCUT2D eigenvalue weighted by molar-refractivity contribution is 0.397. The molecule has 2 aromatic rings. The second-order valence-corrected chi connectivity index (χ2v) is 5.88. The van der Waals surface area contributed by atoms with Gasteiger partial charge in [-0.05, 0) is 43.0 Å². The number of nitrogens with zero attached hydrogens (tertiary/aromatic N) is 2. The van der Waals surface area contributed by atoms with Gasteiger partial charge >= 0.3 is 0 Å². The van der Waals surface area contributed by atoms with E-state index in [4.69, 9.17) is 9.47 Å². The molecular formula is C20H29IN4O2. The molecule has 0 fully saturated rings. The molecule has 1 aromatic carbocycles. The Balaban J connectivity index is 0.00000364. The van der Waals surface area contributed by atoms with Gasteiger partial charge in [-0.2, -0.15) is 0 Å². The van der Waals surface area contributed by atoms with Crippen LogP contribution in [0.3, 0.4) is 0 Å². The maximum absolute atomic E-state index is 5.38. The van der Waals surface area contributed by atoms with Crippen LogP contribution in [0.5, 0.6) is 11.6 Å². The summed E-state index contributed by atoms with van der Waals surface area (Å²) in [6.07, 6.45) is 2.68. The van der Waals surface area contributed by atoms with Crippen LogP contribution in [0.4, 0.5) is 0 Å². The Morgan fingerprint density at radius 2 is 1.85 bits per heavy atom. The van der Waals surface area contributed by atoms with E-state index in [1.54, 1.807) is 20.4 Å². The lowest BCUT2D eigenvalue weighted by Gasteiger charge is -2.12. The molecule has 148 valence electrons. The van der Waals surface area contributed by atoms with Gasteiger partial charge in [0.25, 0.3) is 0 Å². The lowest BCUT2D eigenvalue weighted by atomic mass is 10.1. The van der Waals surface area contributed by atoms with Crippen LogP contribution in [0.2, 0.25) is 0 Å². The normalized spacial score (nSPS) is 10.7. The fraction of sp³-hybridized carbons (Fsp3) is 0.400. The minimum Gasteiger partial charge on any atom is -0.496 e. The van der Waals surface area contributed by atoms with Crippen LogP contribution in [0, 0.1) is 6.92 Å². The number of methoxy groups -OCH3 is 2. The number of ether oxygens (including phenoxy) is 2. The van der Waals surface area contributed by atoms with E-state index < -0.39 is 0 Å². The van der Waals surface area contributed by atoms with E-state index in [0.717, 1.165) is 42.3 Å². The molecule has 1 aromatic heterocycles. The molecule has 0 atom stereocenters. The van der Waals surface area contributed by atoms with E-state index in [9.17, 15) is 0 Å². The third-order valence-corrected chi connectivity index (χ3v) is 3.95. The first kappa shape index (κ1) is 23.0. The molecular weight excluding hydrogens is 455 g/mol. The fourth-order valence-corrected chi connectivity index (χ4v) is 2.48. The SMILES string of the molecule is CCNC(=NCc1ccc(OC)nc1)NCCc1ccc(C)c(OC)c1.I. The molecule has 0 saturated carbocycles. The summed E-state index contributed by atoms with van der Waals surface area (Å²) in [5, 5.41) is 6.63. The summed E-state index contributed by atoms with van der Waals surface area (Å²) in [5.74, 6) is 2.33. The molecule has 0 aliphatic carbocycles. The summed E-state index contributed by atoms with van der Waals surface area (Å²) in [6, 6.07) is 10.1. The first-order valence-corrected chi connectivity index (χ1v) is 8.81. The standard InChI is InChI=1S/C20H28N4O2.HI/c1-5-21-20(24-14-17-8-9-19(26-4)23-13-17)22-11-10-16-7-6-15(2)18(12-16)25-3;/h6-9,12-13H,5,10-11,14H2,1-4H3,(H2,21,22,24);1H. The number of aryl methyl sites for hydroxylation is 1. The first-order valence-electron chi connectivity index (χ1n) is 8.81. The van der Waals surface area contributed by atoms with Gasteiger partial charge in [0, 0.05) is 25.4 Å². The quantitative estimate of drug-likeness (QED) is 0.342. The van der Waals surface area contributed by atoms with Crippen LogP contribution in [0.25, 0.3) is 0 Å².